The fourth-order valence-corrected chi connectivity index (χ4v) is 2.42. The highest BCUT2D eigenvalue weighted by Crippen LogP contribution is 2.13. The molecule has 1 rings (SSSR count). The predicted molar refractivity (Wildman–Crippen MR) is 81.0 cm³/mol. The zero-order valence-electron chi connectivity index (χ0n) is 9.67. The highest BCUT2D eigenvalue weighted by molar-refractivity contribution is 9.10. The minimum atomic E-state index is -3.37. The summed E-state index contributed by atoms with van der Waals surface area (Å²) in [4.78, 5) is 0. The van der Waals surface area contributed by atoms with E-state index in [2.05, 4.69) is 20.7 Å². The molecule has 0 unspecified atom stereocenters. The van der Waals surface area contributed by atoms with E-state index in [0.717, 1.165) is 15.4 Å². The van der Waals surface area contributed by atoms with Crippen molar-refractivity contribution in [3.05, 3.63) is 39.7 Å². The molecule has 0 aliphatic carbocycles. The van der Waals surface area contributed by atoms with E-state index in [9.17, 15) is 8.42 Å². The highest BCUT2D eigenvalue weighted by atomic mass is 79.9. The average molecular weight is 356 g/mol. The first-order valence-corrected chi connectivity index (χ1v) is 7.51. The summed E-state index contributed by atoms with van der Waals surface area (Å²) in [7, 11) is -3.37. The smallest absolute Gasteiger partial charge is 0.233 e. The molecule has 0 saturated carbocycles. The Labute approximate surface area is 122 Å². The van der Waals surface area contributed by atoms with Crippen molar-refractivity contribution < 1.29 is 8.42 Å². The molecule has 102 valence electrons. The molecule has 0 saturated heterocycles. The normalized spacial score (nSPS) is 11.4. The molecule has 0 heterocycles. The van der Waals surface area contributed by atoms with Crippen LogP contribution in [0.1, 0.15) is 12.0 Å². The van der Waals surface area contributed by atoms with Crippen molar-refractivity contribution in [1.29, 1.82) is 0 Å². The Morgan fingerprint density at radius 3 is 2.72 bits per heavy atom. The van der Waals surface area contributed by atoms with E-state index in [-0.39, 0.29) is 12.4 Å². The van der Waals surface area contributed by atoms with Crippen molar-refractivity contribution in [2.75, 3.05) is 13.1 Å². The molecule has 0 aliphatic heterocycles. The first kappa shape index (κ1) is 17.6. The number of benzene rings is 1. The second-order valence-corrected chi connectivity index (χ2v) is 6.01. The maximum atomic E-state index is 11.5. The summed E-state index contributed by atoms with van der Waals surface area (Å²) in [5.41, 5.74) is 6.10. The van der Waals surface area contributed by atoms with Gasteiger partial charge in [-0.05, 0) is 36.7 Å². The lowest BCUT2D eigenvalue weighted by Crippen LogP contribution is -2.24. The van der Waals surface area contributed by atoms with Gasteiger partial charge in [-0.2, -0.15) is 0 Å². The summed E-state index contributed by atoms with van der Waals surface area (Å²) in [6.07, 6.45) is 2.18. The van der Waals surface area contributed by atoms with Crippen LogP contribution in [0.25, 0.3) is 6.08 Å². The molecule has 0 bridgehead atoms. The number of hydrogen-bond acceptors (Lipinski definition) is 3. The minimum Gasteiger partial charge on any atom is -0.330 e. The summed E-state index contributed by atoms with van der Waals surface area (Å²) in [5.74, 6) is 0. The van der Waals surface area contributed by atoms with Crippen LogP contribution in [0.3, 0.4) is 0 Å². The number of sulfonamides is 1. The van der Waals surface area contributed by atoms with Crippen LogP contribution in [-0.2, 0) is 10.0 Å². The van der Waals surface area contributed by atoms with Gasteiger partial charge in [-0.25, -0.2) is 13.1 Å². The maximum absolute atomic E-state index is 11.5. The van der Waals surface area contributed by atoms with Crippen LogP contribution >= 0.6 is 28.3 Å². The van der Waals surface area contributed by atoms with Gasteiger partial charge in [-0.15, -0.1) is 12.4 Å². The van der Waals surface area contributed by atoms with Gasteiger partial charge in [0.05, 0.1) is 0 Å². The number of nitrogens with one attached hydrogen (secondary N) is 1. The second-order valence-electron chi connectivity index (χ2n) is 3.44. The fraction of sp³-hybridized carbons (Fsp3) is 0.273. The molecule has 0 fully saturated rings. The lowest BCUT2D eigenvalue weighted by Gasteiger charge is -2.00. The van der Waals surface area contributed by atoms with Crippen molar-refractivity contribution in [2.45, 2.75) is 6.42 Å². The maximum Gasteiger partial charge on any atom is 0.233 e. The molecule has 7 heteroatoms. The Balaban J connectivity index is 0.00000289. The van der Waals surface area contributed by atoms with Gasteiger partial charge in [0.2, 0.25) is 10.0 Å². The standard InChI is InChI=1S/C11H15BrN2O2S.ClH/c12-11-4-1-3-10(9-11)5-8-17(15,16)14-7-2-6-13;/h1,3-5,8-9,14H,2,6-7,13H2;1H/b8-5+;. The summed E-state index contributed by atoms with van der Waals surface area (Å²) >= 11 is 3.32. The minimum absolute atomic E-state index is 0. The average Bonchev–Trinajstić information content (AvgIpc) is 2.27. The Kier molecular flexibility index (Phi) is 8.47. The highest BCUT2D eigenvalue weighted by Gasteiger charge is 2.02. The first-order valence-electron chi connectivity index (χ1n) is 5.17. The van der Waals surface area contributed by atoms with Crippen LogP contribution in [-0.4, -0.2) is 21.5 Å². The van der Waals surface area contributed by atoms with E-state index < -0.39 is 10.0 Å². The third kappa shape index (κ3) is 7.13. The van der Waals surface area contributed by atoms with Crippen molar-refractivity contribution in [3.8, 4) is 0 Å². The molecule has 0 amide bonds. The van der Waals surface area contributed by atoms with Crippen LogP contribution in [0, 0.1) is 0 Å². The van der Waals surface area contributed by atoms with E-state index in [1.807, 2.05) is 24.3 Å². The zero-order chi connectivity index (χ0) is 12.7. The van der Waals surface area contributed by atoms with E-state index >= 15 is 0 Å². The molecular formula is C11H16BrClN2O2S. The predicted octanol–water partition coefficient (Wildman–Crippen LogP) is 2.11. The molecule has 4 nitrogen and oxygen atoms in total. The molecule has 0 aliphatic rings. The van der Waals surface area contributed by atoms with E-state index in [0.29, 0.717) is 19.5 Å². The Morgan fingerprint density at radius 1 is 1.39 bits per heavy atom. The van der Waals surface area contributed by atoms with Crippen LogP contribution in [0.4, 0.5) is 0 Å². The lowest BCUT2D eigenvalue weighted by atomic mass is 10.2. The number of hydrogen-bond donors (Lipinski definition) is 2. The summed E-state index contributed by atoms with van der Waals surface area (Å²) in [6, 6.07) is 7.39. The molecule has 0 aromatic heterocycles. The molecule has 0 spiro atoms. The fourth-order valence-electron chi connectivity index (χ4n) is 1.14. The van der Waals surface area contributed by atoms with Gasteiger partial charge in [0, 0.05) is 16.4 Å². The van der Waals surface area contributed by atoms with Gasteiger partial charge in [0.25, 0.3) is 0 Å². The Hall–Kier alpha value is -0.400. The van der Waals surface area contributed by atoms with Crippen LogP contribution in [0.2, 0.25) is 0 Å². The van der Waals surface area contributed by atoms with Gasteiger partial charge in [-0.3, -0.25) is 0 Å². The second kappa shape index (κ2) is 8.66. The number of rotatable bonds is 6. The summed E-state index contributed by atoms with van der Waals surface area (Å²) in [5, 5.41) is 1.16. The SMILES string of the molecule is Cl.NCCCNS(=O)(=O)/C=C/c1cccc(Br)c1. The van der Waals surface area contributed by atoms with Crippen LogP contribution in [0.15, 0.2) is 34.1 Å². The van der Waals surface area contributed by atoms with Crippen molar-refractivity contribution in [1.82, 2.24) is 4.72 Å². The number of nitrogens with two attached hydrogens (primary N) is 1. The van der Waals surface area contributed by atoms with Gasteiger partial charge in [-0.1, -0.05) is 28.1 Å². The topological polar surface area (TPSA) is 72.2 Å². The monoisotopic (exact) mass is 354 g/mol. The molecule has 0 atom stereocenters. The largest absolute Gasteiger partial charge is 0.330 e. The summed E-state index contributed by atoms with van der Waals surface area (Å²) in [6.45, 7) is 0.833. The van der Waals surface area contributed by atoms with Gasteiger partial charge in [0.15, 0.2) is 0 Å². The number of halogens is 2. The van der Waals surface area contributed by atoms with Crippen molar-refractivity contribution in [2.24, 2.45) is 5.73 Å². The molecule has 3 N–H and O–H groups in total. The Bertz CT molecular complexity index is 492. The molecule has 1 aromatic carbocycles. The third-order valence-electron chi connectivity index (χ3n) is 1.97. The summed E-state index contributed by atoms with van der Waals surface area (Å²) < 4.78 is 26.4. The molecule has 1 aromatic rings. The first-order chi connectivity index (χ1) is 8.03. The van der Waals surface area contributed by atoms with Crippen LogP contribution in [0.5, 0.6) is 0 Å². The van der Waals surface area contributed by atoms with Gasteiger partial charge >= 0.3 is 0 Å². The van der Waals surface area contributed by atoms with Gasteiger partial charge in [0.1, 0.15) is 0 Å². The van der Waals surface area contributed by atoms with Crippen molar-refractivity contribution in [3.63, 3.8) is 0 Å². The third-order valence-corrected chi connectivity index (χ3v) is 3.57. The lowest BCUT2D eigenvalue weighted by molar-refractivity contribution is 0.589. The van der Waals surface area contributed by atoms with E-state index in [1.165, 1.54) is 0 Å². The molecule has 0 radical (unpaired) electrons. The molecule has 18 heavy (non-hydrogen) atoms. The van der Waals surface area contributed by atoms with Crippen LogP contribution < -0.4 is 10.5 Å². The van der Waals surface area contributed by atoms with Crippen molar-refractivity contribution >= 4 is 44.4 Å². The molecular weight excluding hydrogens is 340 g/mol. The van der Waals surface area contributed by atoms with Gasteiger partial charge < -0.3 is 5.73 Å². The van der Waals surface area contributed by atoms with E-state index in [4.69, 9.17) is 5.73 Å². The quantitative estimate of drug-likeness (QED) is 0.768. The zero-order valence-corrected chi connectivity index (χ0v) is 12.9. The van der Waals surface area contributed by atoms with E-state index in [1.54, 1.807) is 6.08 Å². The Morgan fingerprint density at radius 2 is 2.11 bits per heavy atom.